The average Bonchev–Trinajstić information content (AvgIpc) is 3.34. The van der Waals surface area contributed by atoms with Crippen LogP contribution < -0.4 is 5.32 Å². The minimum atomic E-state index is -2.64. The van der Waals surface area contributed by atoms with Crippen LogP contribution >= 0.6 is 11.6 Å². The van der Waals surface area contributed by atoms with Gasteiger partial charge in [-0.25, -0.2) is 27.8 Å². The summed E-state index contributed by atoms with van der Waals surface area (Å²) in [6.07, 6.45) is -2.10. The third-order valence-corrected chi connectivity index (χ3v) is 5.89. The maximum Gasteiger partial charge on any atom is 0.257 e. The number of aromatic nitrogens is 6. The minimum Gasteiger partial charge on any atom is -0.364 e. The number of nitrogens with one attached hydrogen (secondary N) is 1. The third kappa shape index (κ3) is 5.60. The third-order valence-electron chi connectivity index (χ3n) is 5.76. The number of nitrogens with zero attached hydrogens (tertiary/aromatic N) is 6. The number of aliphatic hydroxyl groups excluding tert-OH is 1. The van der Waals surface area contributed by atoms with E-state index in [2.05, 4.69) is 25.5 Å². The lowest BCUT2D eigenvalue weighted by Crippen LogP contribution is -2.10. The molecule has 9 nitrogen and oxygen atoms in total. The van der Waals surface area contributed by atoms with Crippen LogP contribution in [0.1, 0.15) is 35.7 Å². The van der Waals surface area contributed by atoms with Crippen LogP contribution in [0.2, 0.25) is 0 Å². The number of benzene rings is 1. The molecule has 0 saturated heterocycles. The van der Waals surface area contributed by atoms with Gasteiger partial charge in [0.05, 0.1) is 22.6 Å². The fourth-order valence-electron chi connectivity index (χ4n) is 4.16. The molecule has 1 atom stereocenters. The molecule has 37 heavy (non-hydrogen) atoms. The molecule has 0 saturated carbocycles. The number of halogens is 4. The molecule has 0 amide bonds. The number of hydrogen-bond donors (Lipinski definition) is 2. The SMILES string of the molecule is CCc1c(Nc2cc(-n3nc(C)c(C(O)OCCl)c3C)ncn2)nn(CC(F)F)c1-c1ccc(F)cc1. The van der Waals surface area contributed by atoms with Gasteiger partial charge in [-0.3, -0.25) is 4.68 Å². The van der Waals surface area contributed by atoms with Gasteiger partial charge >= 0.3 is 0 Å². The smallest absolute Gasteiger partial charge is 0.257 e. The first-order chi connectivity index (χ1) is 17.7. The zero-order chi connectivity index (χ0) is 26.7. The maximum absolute atomic E-state index is 13.5. The zero-order valence-electron chi connectivity index (χ0n) is 20.3. The number of aliphatic hydroxyl groups is 1. The number of ether oxygens (including phenoxy) is 1. The first-order valence-corrected chi connectivity index (χ1v) is 11.9. The van der Waals surface area contributed by atoms with E-state index in [1.54, 1.807) is 19.9 Å². The van der Waals surface area contributed by atoms with E-state index in [-0.39, 0.29) is 6.07 Å². The van der Waals surface area contributed by atoms with E-state index in [0.29, 0.717) is 57.6 Å². The summed E-state index contributed by atoms with van der Waals surface area (Å²) in [6.45, 7) is 4.72. The summed E-state index contributed by atoms with van der Waals surface area (Å²) in [5, 5.41) is 22.2. The van der Waals surface area contributed by atoms with E-state index in [0.717, 1.165) is 0 Å². The molecule has 2 N–H and O–H groups in total. The first kappa shape index (κ1) is 26.6. The average molecular weight is 536 g/mol. The number of alkyl halides is 3. The van der Waals surface area contributed by atoms with Crippen molar-refractivity contribution in [2.45, 2.75) is 46.5 Å². The Bertz CT molecular complexity index is 1380. The molecule has 4 rings (SSSR count). The van der Waals surface area contributed by atoms with Crippen molar-refractivity contribution in [3.05, 3.63) is 65.0 Å². The molecule has 1 unspecified atom stereocenters. The van der Waals surface area contributed by atoms with Gasteiger partial charge in [0.2, 0.25) is 0 Å². The van der Waals surface area contributed by atoms with Gasteiger partial charge in [-0.05, 0) is 44.5 Å². The highest BCUT2D eigenvalue weighted by molar-refractivity contribution is 6.17. The Morgan fingerprint density at radius 2 is 1.86 bits per heavy atom. The van der Waals surface area contributed by atoms with Crippen LogP contribution in [-0.2, 0) is 17.7 Å². The molecule has 1 aromatic carbocycles. The molecule has 3 aromatic heterocycles. The van der Waals surface area contributed by atoms with Crippen LogP contribution in [0.5, 0.6) is 0 Å². The van der Waals surface area contributed by atoms with Crippen LogP contribution in [-0.4, -0.2) is 47.1 Å². The lowest BCUT2D eigenvalue weighted by molar-refractivity contribution is -0.0861. The van der Waals surface area contributed by atoms with Crippen molar-refractivity contribution >= 4 is 23.2 Å². The monoisotopic (exact) mass is 535 g/mol. The molecule has 4 aromatic rings. The molecular weight excluding hydrogens is 511 g/mol. The van der Waals surface area contributed by atoms with E-state index in [4.69, 9.17) is 16.3 Å². The molecule has 0 aliphatic rings. The van der Waals surface area contributed by atoms with Crippen LogP contribution in [0.4, 0.5) is 24.8 Å². The van der Waals surface area contributed by atoms with Gasteiger partial charge in [0, 0.05) is 17.2 Å². The van der Waals surface area contributed by atoms with Crippen molar-refractivity contribution in [1.29, 1.82) is 0 Å². The van der Waals surface area contributed by atoms with Gasteiger partial charge in [0.1, 0.15) is 30.6 Å². The summed E-state index contributed by atoms with van der Waals surface area (Å²) in [5.74, 6) is 0.653. The van der Waals surface area contributed by atoms with E-state index >= 15 is 0 Å². The molecule has 0 aliphatic carbocycles. The van der Waals surface area contributed by atoms with Crippen molar-refractivity contribution in [3.8, 4) is 17.1 Å². The Balaban J connectivity index is 1.72. The van der Waals surface area contributed by atoms with Gasteiger partial charge in [0.15, 0.2) is 17.9 Å². The van der Waals surface area contributed by atoms with E-state index in [1.165, 1.54) is 40.0 Å². The maximum atomic E-state index is 13.5. The Kier molecular flexibility index (Phi) is 8.10. The van der Waals surface area contributed by atoms with Gasteiger partial charge in [-0.1, -0.05) is 18.5 Å². The highest BCUT2D eigenvalue weighted by Crippen LogP contribution is 2.32. The standard InChI is InChI=1S/C24H25ClF3N7O2/c1-4-17-22(15-5-7-16(26)8-6-15)34(10-18(27)28)33-23(17)31-19-9-20(30-12-29-19)35-14(3)21(13(2)32-35)24(36)37-11-25/h5-9,12,18,24,36H,4,10-11H2,1-3H3,(H,29,30,31,33). The Labute approximate surface area is 215 Å². The number of rotatable bonds is 10. The lowest BCUT2D eigenvalue weighted by Gasteiger charge is -2.11. The fraction of sp³-hybridized carbons (Fsp3) is 0.333. The number of hydrogen-bond acceptors (Lipinski definition) is 7. The first-order valence-electron chi connectivity index (χ1n) is 11.4. The molecule has 3 heterocycles. The van der Waals surface area contributed by atoms with E-state index in [1.807, 2.05) is 6.92 Å². The Hall–Kier alpha value is -3.48. The molecule has 0 spiro atoms. The lowest BCUT2D eigenvalue weighted by atomic mass is 10.1. The summed E-state index contributed by atoms with van der Waals surface area (Å²) < 4.78 is 48.1. The Morgan fingerprint density at radius 1 is 1.14 bits per heavy atom. The van der Waals surface area contributed by atoms with Gasteiger partial charge in [-0.2, -0.15) is 10.2 Å². The predicted molar refractivity (Wildman–Crippen MR) is 132 cm³/mol. The molecule has 0 bridgehead atoms. The van der Waals surface area contributed by atoms with Crippen LogP contribution in [0.15, 0.2) is 36.7 Å². The van der Waals surface area contributed by atoms with Gasteiger partial charge in [-0.15, -0.1) is 0 Å². The second kappa shape index (κ2) is 11.3. The topological polar surface area (TPSA) is 103 Å². The fourth-order valence-corrected chi connectivity index (χ4v) is 4.28. The quantitative estimate of drug-likeness (QED) is 0.216. The second-order valence-corrected chi connectivity index (χ2v) is 8.34. The number of anilines is 2. The van der Waals surface area contributed by atoms with Crippen molar-refractivity contribution in [1.82, 2.24) is 29.5 Å². The van der Waals surface area contributed by atoms with Crippen molar-refractivity contribution in [3.63, 3.8) is 0 Å². The minimum absolute atomic E-state index is 0.190. The molecule has 13 heteroatoms. The molecule has 0 fully saturated rings. The summed E-state index contributed by atoms with van der Waals surface area (Å²) in [6, 6.07) is 7.03. The highest BCUT2D eigenvalue weighted by atomic mass is 35.5. The molecule has 196 valence electrons. The van der Waals surface area contributed by atoms with Gasteiger partial charge in [0.25, 0.3) is 6.43 Å². The molecular formula is C24H25ClF3N7O2. The normalized spacial score (nSPS) is 12.4. The second-order valence-electron chi connectivity index (χ2n) is 8.12. The summed E-state index contributed by atoms with van der Waals surface area (Å²) in [4.78, 5) is 8.51. The van der Waals surface area contributed by atoms with Crippen molar-refractivity contribution in [2.24, 2.45) is 0 Å². The zero-order valence-corrected chi connectivity index (χ0v) is 21.0. The largest absolute Gasteiger partial charge is 0.364 e. The molecule has 0 aliphatic heterocycles. The Morgan fingerprint density at radius 3 is 2.51 bits per heavy atom. The van der Waals surface area contributed by atoms with E-state index < -0.39 is 25.1 Å². The summed E-state index contributed by atoms with van der Waals surface area (Å²) in [5.41, 5.74) is 3.30. The van der Waals surface area contributed by atoms with Crippen LogP contribution in [0.25, 0.3) is 17.1 Å². The van der Waals surface area contributed by atoms with E-state index in [9.17, 15) is 18.3 Å². The van der Waals surface area contributed by atoms with Crippen LogP contribution in [0, 0.1) is 19.7 Å². The van der Waals surface area contributed by atoms with Crippen LogP contribution in [0.3, 0.4) is 0 Å². The highest BCUT2D eigenvalue weighted by Gasteiger charge is 2.23. The summed E-state index contributed by atoms with van der Waals surface area (Å²) >= 11 is 5.58. The number of aryl methyl sites for hydroxylation is 1. The molecule has 0 radical (unpaired) electrons. The predicted octanol–water partition coefficient (Wildman–Crippen LogP) is 5.06. The van der Waals surface area contributed by atoms with Gasteiger partial charge < -0.3 is 15.2 Å². The van der Waals surface area contributed by atoms with Crippen molar-refractivity contribution < 1.29 is 23.0 Å². The van der Waals surface area contributed by atoms with Crippen molar-refractivity contribution in [2.75, 3.05) is 11.4 Å². The summed E-state index contributed by atoms with van der Waals surface area (Å²) in [7, 11) is 0.